The number of nitrogens with one attached hydrogen (secondary N) is 2. The first kappa shape index (κ1) is 16.2. The van der Waals surface area contributed by atoms with Gasteiger partial charge in [0.2, 0.25) is 5.91 Å². The van der Waals surface area contributed by atoms with Gasteiger partial charge < -0.3 is 15.2 Å². The summed E-state index contributed by atoms with van der Waals surface area (Å²) in [6.45, 7) is 4.33. The minimum atomic E-state index is -0.600. The summed E-state index contributed by atoms with van der Waals surface area (Å²) in [5, 5.41) is 2.85. The lowest BCUT2D eigenvalue weighted by Gasteiger charge is -2.17. The van der Waals surface area contributed by atoms with Crippen molar-refractivity contribution in [2.24, 2.45) is 0 Å². The fourth-order valence-corrected chi connectivity index (χ4v) is 3.89. The highest BCUT2D eigenvalue weighted by atomic mass is 16.2. The number of hydrogen-bond donors (Lipinski definition) is 2. The second-order valence-electron chi connectivity index (χ2n) is 8.15. The number of aromatic nitrogens is 2. The molecule has 1 saturated carbocycles. The predicted molar refractivity (Wildman–Crippen MR) is 98.5 cm³/mol. The highest BCUT2D eigenvalue weighted by Gasteiger charge is 2.39. The van der Waals surface area contributed by atoms with Gasteiger partial charge in [-0.15, -0.1) is 0 Å². The second-order valence-corrected chi connectivity index (χ2v) is 8.15. The largest absolute Gasteiger partial charge is 0.328 e. The molecule has 27 heavy (non-hydrogen) atoms. The van der Waals surface area contributed by atoms with Crippen LogP contribution in [0.5, 0.6) is 0 Å². The maximum absolute atomic E-state index is 13.0. The maximum Gasteiger partial charge on any atom is 0.256 e. The van der Waals surface area contributed by atoms with E-state index in [0.29, 0.717) is 35.0 Å². The Morgan fingerprint density at radius 2 is 2.00 bits per heavy atom. The SMILES string of the molecule is CC1(C)C(=O)Nc2cc(C(=O)N3Cc4nc(C5CC5)[nH]c(=O)c4C3)ccc21. The highest BCUT2D eigenvalue weighted by Crippen LogP contribution is 2.39. The number of carbonyl (C=O) groups excluding carboxylic acids is 2. The molecule has 1 aromatic heterocycles. The number of anilines is 1. The van der Waals surface area contributed by atoms with Gasteiger partial charge in [0.05, 0.1) is 29.8 Å². The van der Waals surface area contributed by atoms with Gasteiger partial charge in [0, 0.05) is 17.2 Å². The molecule has 2 aromatic rings. The van der Waals surface area contributed by atoms with Gasteiger partial charge in [-0.25, -0.2) is 4.98 Å². The van der Waals surface area contributed by atoms with Crippen LogP contribution in [-0.4, -0.2) is 26.7 Å². The highest BCUT2D eigenvalue weighted by molar-refractivity contribution is 6.07. The lowest BCUT2D eigenvalue weighted by Crippen LogP contribution is -2.27. The third-order valence-corrected chi connectivity index (χ3v) is 5.82. The molecule has 2 N–H and O–H groups in total. The van der Waals surface area contributed by atoms with Gasteiger partial charge in [0.1, 0.15) is 5.82 Å². The Kier molecular flexibility index (Phi) is 3.17. The van der Waals surface area contributed by atoms with Crippen LogP contribution < -0.4 is 10.9 Å². The molecule has 0 bridgehead atoms. The van der Waals surface area contributed by atoms with Crippen LogP contribution in [0, 0.1) is 0 Å². The van der Waals surface area contributed by atoms with E-state index in [1.165, 1.54) is 0 Å². The Balaban J connectivity index is 1.43. The molecule has 0 saturated heterocycles. The molecule has 0 radical (unpaired) electrons. The fraction of sp³-hybridized carbons (Fsp3) is 0.400. The van der Waals surface area contributed by atoms with Crippen molar-refractivity contribution in [3.05, 3.63) is 56.8 Å². The van der Waals surface area contributed by atoms with Crippen molar-refractivity contribution in [1.82, 2.24) is 14.9 Å². The van der Waals surface area contributed by atoms with Gasteiger partial charge in [-0.1, -0.05) is 6.07 Å². The van der Waals surface area contributed by atoms with E-state index in [9.17, 15) is 14.4 Å². The Hall–Kier alpha value is -2.96. The van der Waals surface area contributed by atoms with Crippen molar-refractivity contribution in [3.63, 3.8) is 0 Å². The third kappa shape index (κ3) is 2.41. The normalized spacial score (nSPS) is 19.6. The van der Waals surface area contributed by atoms with Crippen LogP contribution in [0.3, 0.4) is 0 Å². The predicted octanol–water partition coefficient (Wildman–Crippen LogP) is 2.03. The summed E-state index contributed by atoms with van der Waals surface area (Å²) in [7, 11) is 0. The van der Waals surface area contributed by atoms with E-state index in [2.05, 4.69) is 15.3 Å². The zero-order valence-corrected chi connectivity index (χ0v) is 15.3. The maximum atomic E-state index is 13.0. The van der Waals surface area contributed by atoms with Crippen molar-refractivity contribution >= 4 is 17.5 Å². The van der Waals surface area contributed by atoms with Crippen LogP contribution in [0.15, 0.2) is 23.0 Å². The molecule has 0 unspecified atom stereocenters. The van der Waals surface area contributed by atoms with E-state index >= 15 is 0 Å². The standard InChI is InChI=1S/C20H20N4O3/c1-20(2)13-6-5-11(7-14(13)22-19(20)27)18(26)24-8-12-15(9-24)21-16(10-3-4-10)23-17(12)25/h5-7,10H,3-4,8-9H2,1-2H3,(H,22,27)(H,21,23,25). The molecule has 1 aliphatic carbocycles. The molecule has 2 amide bonds. The number of fused-ring (bicyclic) bond motifs is 2. The van der Waals surface area contributed by atoms with Crippen LogP contribution in [0.4, 0.5) is 5.69 Å². The minimum absolute atomic E-state index is 0.0704. The molecule has 1 aromatic carbocycles. The zero-order chi connectivity index (χ0) is 18.9. The van der Waals surface area contributed by atoms with Gasteiger partial charge in [0.15, 0.2) is 0 Å². The van der Waals surface area contributed by atoms with Crippen molar-refractivity contribution < 1.29 is 9.59 Å². The Bertz CT molecular complexity index is 1070. The van der Waals surface area contributed by atoms with E-state index < -0.39 is 5.41 Å². The molecule has 5 rings (SSSR count). The van der Waals surface area contributed by atoms with Gasteiger partial charge in [-0.3, -0.25) is 14.4 Å². The lowest BCUT2D eigenvalue weighted by atomic mass is 9.86. The zero-order valence-electron chi connectivity index (χ0n) is 15.3. The van der Waals surface area contributed by atoms with E-state index in [0.717, 1.165) is 24.2 Å². The molecule has 0 spiro atoms. The van der Waals surface area contributed by atoms with Crippen LogP contribution >= 0.6 is 0 Å². The quantitative estimate of drug-likeness (QED) is 0.852. The number of benzene rings is 1. The summed E-state index contributed by atoms with van der Waals surface area (Å²) in [6, 6.07) is 5.31. The van der Waals surface area contributed by atoms with Crippen LogP contribution in [0.25, 0.3) is 0 Å². The van der Waals surface area contributed by atoms with Gasteiger partial charge in [-0.05, 0) is 44.4 Å². The van der Waals surface area contributed by atoms with Crippen LogP contribution in [0.2, 0.25) is 0 Å². The molecule has 7 heteroatoms. The van der Waals surface area contributed by atoms with E-state index in [-0.39, 0.29) is 23.9 Å². The first-order valence-electron chi connectivity index (χ1n) is 9.22. The number of nitrogens with zero attached hydrogens (tertiary/aromatic N) is 2. The molecular formula is C20H20N4O3. The summed E-state index contributed by atoms with van der Waals surface area (Å²) in [6.07, 6.45) is 2.11. The van der Waals surface area contributed by atoms with Gasteiger partial charge in [-0.2, -0.15) is 0 Å². The van der Waals surface area contributed by atoms with Crippen molar-refractivity contribution in [2.75, 3.05) is 5.32 Å². The summed E-state index contributed by atoms with van der Waals surface area (Å²) < 4.78 is 0. The molecule has 0 atom stereocenters. The Morgan fingerprint density at radius 3 is 2.74 bits per heavy atom. The molecule has 1 fully saturated rings. The number of carbonyl (C=O) groups is 2. The Morgan fingerprint density at radius 1 is 1.22 bits per heavy atom. The van der Waals surface area contributed by atoms with E-state index in [1.54, 1.807) is 17.0 Å². The Labute approximate surface area is 155 Å². The monoisotopic (exact) mass is 364 g/mol. The van der Waals surface area contributed by atoms with E-state index in [1.807, 2.05) is 19.9 Å². The fourth-order valence-electron chi connectivity index (χ4n) is 3.89. The number of rotatable bonds is 2. The average molecular weight is 364 g/mol. The van der Waals surface area contributed by atoms with Crippen LogP contribution in [-0.2, 0) is 23.3 Å². The topological polar surface area (TPSA) is 95.2 Å². The average Bonchev–Trinajstić information content (AvgIpc) is 3.35. The van der Waals surface area contributed by atoms with E-state index in [4.69, 9.17) is 0 Å². The first-order valence-corrected chi connectivity index (χ1v) is 9.22. The number of hydrogen-bond acceptors (Lipinski definition) is 4. The number of amides is 2. The summed E-state index contributed by atoms with van der Waals surface area (Å²) in [5.74, 6) is 0.869. The summed E-state index contributed by atoms with van der Waals surface area (Å²) in [5.41, 5.74) is 2.60. The van der Waals surface area contributed by atoms with Gasteiger partial charge in [0.25, 0.3) is 11.5 Å². The molecule has 7 nitrogen and oxygen atoms in total. The third-order valence-electron chi connectivity index (χ3n) is 5.82. The van der Waals surface area contributed by atoms with Gasteiger partial charge >= 0.3 is 0 Å². The molecular weight excluding hydrogens is 344 g/mol. The molecule has 3 aliphatic rings. The molecule has 138 valence electrons. The molecule has 2 aliphatic heterocycles. The van der Waals surface area contributed by atoms with Crippen molar-refractivity contribution in [2.45, 2.75) is 51.1 Å². The first-order chi connectivity index (χ1) is 12.8. The summed E-state index contributed by atoms with van der Waals surface area (Å²) in [4.78, 5) is 46.5. The number of H-pyrrole nitrogens is 1. The summed E-state index contributed by atoms with van der Waals surface area (Å²) >= 11 is 0. The van der Waals surface area contributed by atoms with Crippen molar-refractivity contribution in [3.8, 4) is 0 Å². The lowest BCUT2D eigenvalue weighted by molar-refractivity contribution is -0.119. The second kappa shape index (κ2) is 5.28. The minimum Gasteiger partial charge on any atom is -0.328 e. The number of aromatic amines is 1. The smallest absolute Gasteiger partial charge is 0.256 e. The van der Waals surface area contributed by atoms with Crippen LogP contribution in [0.1, 0.15) is 65.6 Å². The molecule has 3 heterocycles. The van der Waals surface area contributed by atoms with Crippen molar-refractivity contribution in [1.29, 1.82) is 0 Å².